The molecule has 0 bridgehead atoms. The summed E-state index contributed by atoms with van der Waals surface area (Å²) in [6, 6.07) is 3.72. The molecule has 0 atom stereocenters. The van der Waals surface area contributed by atoms with Crippen LogP contribution in [-0.4, -0.2) is 19.4 Å². The Morgan fingerprint density at radius 1 is 1.26 bits per heavy atom. The molecule has 0 fully saturated rings. The van der Waals surface area contributed by atoms with Crippen LogP contribution < -0.4 is 4.90 Å². The van der Waals surface area contributed by atoms with Crippen molar-refractivity contribution in [2.75, 3.05) is 18.0 Å². The molecule has 0 aliphatic carbocycles. The van der Waals surface area contributed by atoms with Crippen molar-refractivity contribution >= 4 is 12.0 Å². The zero-order chi connectivity index (χ0) is 14.5. The van der Waals surface area contributed by atoms with Gasteiger partial charge in [-0.25, -0.2) is 0 Å². The highest BCUT2D eigenvalue weighted by atomic mass is 19.4. The largest absolute Gasteiger partial charge is 0.418 e. The van der Waals surface area contributed by atoms with Crippen LogP contribution in [-0.2, 0) is 6.18 Å². The second-order valence-corrected chi connectivity index (χ2v) is 4.33. The third-order valence-corrected chi connectivity index (χ3v) is 2.97. The molecule has 0 amide bonds. The van der Waals surface area contributed by atoms with Crippen LogP contribution in [0.25, 0.3) is 0 Å². The molecule has 0 aliphatic rings. The quantitative estimate of drug-likeness (QED) is 0.726. The highest BCUT2D eigenvalue weighted by Crippen LogP contribution is 2.37. The third-order valence-electron chi connectivity index (χ3n) is 2.97. The van der Waals surface area contributed by atoms with E-state index in [1.165, 1.54) is 12.1 Å². The number of hydrogen-bond acceptors (Lipinski definition) is 2. The molecule has 0 radical (unpaired) electrons. The summed E-state index contributed by atoms with van der Waals surface area (Å²) < 4.78 is 39.1. The lowest BCUT2D eigenvalue weighted by molar-refractivity contribution is -0.137. The van der Waals surface area contributed by atoms with Gasteiger partial charge >= 0.3 is 6.18 Å². The number of alkyl halides is 3. The van der Waals surface area contributed by atoms with Gasteiger partial charge in [0.1, 0.15) is 6.29 Å². The molecule has 0 saturated heterocycles. The molecule has 19 heavy (non-hydrogen) atoms. The number of benzene rings is 1. The molecule has 0 saturated carbocycles. The smallest absolute Gasteiger partial charge is 0.371 e. The fourth-order valence-corrected chi connectivity index (χ4v) is 1.93. The maximum atomic E-state index is 13.0. The number of nitrogens with zero attached hydrogens (tertiary/aromatic N) is 1. The van der Waals surface area contributed by atoms with Gasteiger partial charge in [-0.05, 0) is 31.5 Å². The molecule has 5 heteroatoms. The first-order chi connectivity index (χ1) is 8.93. The fraction of sp³-hybridized carbons (Fsp3) is 0.500. The van der Waals surface area contributed by atoms with E-state index in [1.807, 2.05) is 13.8 Å². The van der Waals surface area contributed by atoms with Gasteiger partial charge in [0.15, 0.2) is 0 Å². The number of unbranched alkanes of at least 4 members (excludes halogenated alkanes) is 1. The summed E-state index contributed by atoms with van der Waals surface area (Å²) in [7, 11) is 0. The van der Waals surface area contributed by atoms with E-state index < -0.39 is 11.7 Å². The van der Waals surface area contributed by atoms with Crippen molar-refractivity contribution in [2.45, 2.75) is 32.9 Å². The number of anilines is 1. The van der Waals surface area contributed by atoms with Crippen LogP contribution in [0.3, 0.4) is 0 Å². The minimum atomic E-state index is -4.45. The van der Waals surface area contributed by atoms with Gasteiger partial charge in [-0.2, -0.15) is 13.2 Å². The fourth-order valence-electron chi connectivity index (χ4n) is 1.93. The van der Waals surface area contributed by atoms with Crippen molar-refractivity contribution in [3.05, 3.63) is 29.3 Å². The Bertz CT molecular complexity index is 429. The minimum absolute atomic E-state index is 0.0441. The van der Waals surface area contributed by atoms with E-state index in [-0.39, 0.29) is 11.3 Å². The topological polar surface area (TPSA) is 20.3 Å². The van der Waals surface area contributed by atoms with Gasteiger partial charge in [0.05, 0.1) is 5.56 Å². The molecule has 0 spiro atoms. The van der Waals surface area contributed by atoms with Crippen LogP contribution in [0.4, 0.5) is 18.9 Å². The minimum Gasteiger partial charge on any atom is -0.371 e. The lowest BCUT2D eigenvalue weighted by atomic mass is 10.1. The summed E-state index contributed by atoms with van der Waals surface area (Å²) in [4.78, 5) is 12.3. The van der Waals surface area contributed by atoms with Crippen LogP contribution >= 0.6 is 0 Å². The Morgan fingerprint density at radius 3 is 2.42 bits per heavy atom. The van der Waals surface area contributed by atoms with Crippen LogP contribution in [0.15, 0.2) is 18.2 Å². The predicted molar refractivity (Wildman–Crippen MR) is 69.6 cm³/mol. The molecule has 0 aliphatic heterocycles. The average Bonchev–Trinajstić information content (AvgIpc) is 2.38. The molecule has 2 nitrogen and oxygen atoms in total. The monoisotopic (exact) mass is 273 g/mol. The second-order valence-electron chi connectivity index (χ2n) is 4.33. The summed E-state index contributed by atoms with van der Waals surface area (Å²) in [5.41, 5.74) is -0.549. The van der Waals surface area contributed by atoms with Gasteiger partial charge in [0.25, 0.3) is 0 Å². The summed E-state index contributed by atoms with van der Waals surface area (Å²) in [5.74, 6) is 0. The molecule has 0 N–H and O–H groups in total. The van der Waals surface area contributed by atoms with Gasteiger partial charge in [0, 0.05) is 24.3 Å². The molecule has 0 aromatic heterocycles. The first-order valence-corrected chi connectivity index (χ1v) is 6.35. The van der Waals surface area contributed by atoms with Gasteiger partial charge in [-0.3, -0.25) is 4.79 Å². The number of carbonyl (C=O) groups is 1. The zero-order valence-electron chi connectivity index (χ0n) is 11.1. The molecule has 0 heterocycles. The van der Waals surface area contributed by atoms with Crippen molar-refractivity contribution in [2.24, 2.45) is 0 Å². The van der Waals surface area contributed by atoms with E-state index in [0.717, 1.165) is 18.9 Å². The van der Waals surface area contributed by atoms with Gasteiger partial charge in [-0.15, -0.1) is 0 Å². The summed E-state index contributed by atoms with van der Waals surface area (Å²) in [5, 5.41) is 0. The average molecular weight is 273 g/mol. The normalized spacial score (nSPS) is 11.4. The number of halogens is 3. The van der Waals surface area contributed by atoms with E-state index in [4.69, 9.17) is 0 Å². The number of carbonyl (C=O) groups excluding carboxylic acids is 1. The molecule has 1 rings (SSSR count). The third kappa shape index (κ3) is 3.98. The standard InChI is InChI=1S/C14H18F3NO/c1-3-5-8-18(4-2)13-7-6-11(10-19)9-12(13)14(15,16)17/h6-7,9-10H,3-5,8H2,1-2H3. The van der Waals surface area contributed by atoms with Crippen LogP contribution in [0.1, 0.15) is 42.6 Å². The number of hydrogen-bond donors (Lipinski definition) is 0. The first-order valence-electron chi connectivity index (χ1n) is 6.35. The van der Waals surface area contributed by atoms with Gasteiger partial charge in [0.2, 0.25) is 0 Å². The maximum absolute atomic E-state index is 13.0. The maximum Gasteiger partial charge on any atom is 0.418 e. The summed E-state index contributed by atoms with van der Waals surface area (Å²) in [6.45, 7) is 4.90. The second kappa shape index (κ2) is 6.59. The molecule has 1 aromatic rings. The van der Waals surface area contributed by atoms with Gasteiger partial charge in [-0.1, -0.05) is 13.3 Å². The van der Waals surface area contributed by atoms with Crippen molar-refractivity contribution < 1.29 is 18.0 Å². The molecular weight excluding hydrogens is 255 g/mol. The predicted octanol–water partition coefficient (Wildman–Crippen LogP) is 4.14. The lowest BCUT2D eigenvalue weighted by Gasteiger charge is -2.26. The van der Waals surface area contributed by atoms with E-state index in [9.17, 15) is 18.0 Å². The summed E-state index contributed by atoms with van der Waals surface area (Å²) in [6.07, 6.45) is -2.26. The van der Waals surface area contributed by atoms with Crippen LogP contribution in [0.5, 0.6) is 0 Å². The van der Waals surface area contributed by atoms with E-state index in [0.29, 0.717) is 19.4 Å². The Hall–Kier alpha value is -1.52. The van der Waals surface area contributed by atoms with Gasteiger partial charge < -0.3 is 4.90 Å². The highest BCUT2D eigenvalue weighted by Gasteiger charge is 2.34. The highest BCUT2D eigenvalue weighted by molar-refractivity contribution is 5.77. The van der Waals surface area contributed by atoms with Crippen molar-refractivity contribution in [1.29, 1.82) is 0 Å². The molecule has 1 aromatic carbocycles. The molecule has 106 valence electrons. The van der Waals surface area contributed by atoms with Crippen LogP contribution in [0.2, 0.25) is 0 Å². The Morgan fingerprint density at radius 2 is 1.95 bits per heavy atom. The summed E-state index contributed by atoms with van der Waals surface area (Å²) >= 11 is 0. The SMILES string of the molecule is CCCCN(CC)c1ccc(C=O)cc1C(F)(F)F. The van der Waals surface area contributed by atoms with Crippen molar-refractivity contribution in [3.8, 4) is 0 Å². The van der Waals surface area contributed by atoms with Crippen LogP contribution in [0, 0.1) is 0 Å². The van der Waals surface area contributed by atoms with E-state index in [1.54, 1.807) is 4.90 Å². The molecule has 0 unspecified atom stereocenters. The molecular formula is C14H18F3NO. The van der Waals surface area contributed by atoms with Crippen molar-refractivity contribution in [3.63, 3.8) is 0 Å². The first kappa shape index (κ1) is 15.5. The zero-order valence-corrected chi connectivity index (χ0v) is 11.1. The Kier molecular flexibility index (Phi) is 5.39. The number of aldehydes is 1. The Labute approximate surface area is 111 Å². The Balaban J connectivity index is 3.20. The van der Waals surface area contributed by atoms with Crippen molar-refractivity contribution in [1.82, 2.24) is 0 Å². The van der Waals surface area contributed by atoms with E-state index in [2.05, 4.69) is 0 Å². The number of rotatable bonds is 6. The lowest BCUT2D eigenvalue weighted by Crippen LogP contribution is -2.26. The van der Waals surface area contributed by atoms with E-state index >= 15 is 0 Å².